The zero-order valence-corrected chi connectivity index (χ0v) is 20.2. The van der Waals surface area contributed by atoms with Crippen LogP contribution in [0.15, 0.2) is 67.1 Å². The molecule has 1 N–H and O–H groups in total. The molecule has 1 fully saturated rings. The molecule has 1 aliphatic carbocycles. The fraction of sp³-hybridized carbons (Fsp3) is 0.357. The molecule has 1 saturated carbocycles. The van der Waals surface area contributed by atoms with E-state index in [1.54, 1.807) is 6.07 Å². The summed E-state index contributed by atoms with van der Waals surface area (Å²) in [7, 11) is 0. The van der Waals surface area contributed by atoms with Crippen LogP contribution in [0.5, 0.6) is 0 Å². The maximum Gasteiger partial charge on any atom is 0.279 e. The average molecular weight is 475 g/mol. The summed E-state index contributed by atoms with van der Waals surface area (Å²) in [6, 6.07) is 12.5. The highest BCUT2D eigenvalue weighted by Crippen LogP contribution is 2.31. The molecule has 0 bridgehead atoms. The van der Waals surface area contributed by atoms with Gasteiger partial charge in [0.2, 0.25) is 5.91 Å². The number of halogens is 1. The van der Waals surface area contributed by atoms with E-state index < -0.39 is 17.8 Å². The van der Waals surface area contributed by atoms with Gasteiger partial charge in [0.1, 0.15) is 17.6 Å². The second kappa shape index (κ2) is 11.2. The summed E-state index contributed by atoms with van der Waals surface area (Å²) in [6.45, 7) is 4.19. The first-order valence-electron chi connectivity index (χ1n) is 12.2. The monoisotopic (exact) mass is 474 g/mol. The Labute approximate surface area is 205 Å². The normalized spacial score (nSPS) is 15.0. The first kappa shape index (κ1) is 24.5. The van der Waals surface area contributed by atoms with Crippen molar-refractivity contribution in [3.63, 3.8) is 0 Å². The van der Waals surface area contributed by atoms with E-state index in [0.29, 0.717) is 11.5 Å². The standard InChI is InChI=1S/C28H31FN4O2/c1-19(2)20-11-13-21(14-12-20)26(27(34)32-23-8-4-3-5-9-23)33(24-10-6-7-22(29)17-24)28(35)25-18-30-15-16-31-25/h6-7,10-19,23,26H,3-5,8-9H2,1-2H3,(H,32,34)/t26-/m0/s1. The van der Waals surface area contributed by atoms with Crippen molar-refractivity contribution in [3.05, 3.63) is 89.8 Å². The van der Waals surface area contributed by atoms with E-state index in [2.05, 4.69) is 29.1 Å². The molecular weight excluding hydrogens is 443 g/mol. The molecule has 35 heavy (non-hydrogen) atoms. The van der Waals surface area contributed by atoms with Gasteiger partial charge in [0.15, 0.2) is 0 Å². The fourth-order valence-electron chi connectivity index (χ4n) is 4.55. The Balaban J connectivity index is 1.80. The molecule has 1 atom stereocenters. The smallest absolute Gasteiger partial charge is 0.279 e. The lowest BCUT2D eigenvalue weighted by molar-refractivity contribution is -0.123. The topological polar surface area (TPSA) is 75.2 Å². The predicted octanol–water partition coefficient (Wildman–Crippen LogP) is 5.58. The van der Waals surface area contributed by atoms with Gasteiger partial charge in [-0.3, -0.25) is 19.5 Å². The molecule has 0 aliphatic heterocycles. The molecule has 182 valence electrons. The minimum absolute atomic E-state index is 0.0506. The Morgan fingerprint density at radius 2 is 1.71 bits per heavy atom. The van der Waals surface area contributed by atoms with Crippen LogP contribution < -0.4 is 10.2 Å². The summed E-state index contributed by atoms with van der Waals surface area (Å²) in [4.78, 5) is 37.1. The summed E-state index contributed by atoms with van der Waals surface area (Å²) < 4.78 is 14.3. The van der Waals surface area contributed by atoms with Gasteiger partial charge in [0.05, 0.1) is 6.20 Å². The second-order valence-electron chi connectivity index (χ2n) is 9.31. The molecule has 1 heterocycles. The van der Waals surface area contributed by atoms with Crippen LogP contribution in [0.25, 0.3) is 0 Å². The maximum absolute atomic E-state index is 14.3. The number of amides is 2. The van der Waals surface area contributed by atoms with Crippen molar-refractivity contribution in [2.45, 2.75) is 64.0 Å². The Bertz CT molecular complexity index is 1150. The third-order valence-corrected chi connectivity index (χ3v) is 6.46. The number of carbonyl (C=O) groups is 2. The van der Waals surface area contributed by atoms with Crippen LogP contribution in [0.3, 0.4) is 0 Å². The van der Waals surface area contributed by atoms with Crippen LogP contribution in [0.1, 0.15) is 79.5 Å². The Morgan fingerprint density at radius 1 is 1.00 bits per heavy atom. The quantitative estimate of drug-likeness (QED) is 0.485. The Hall–Kier alpha value is -3.61. The van der Waals surface area contributed by atoms with E-state index in [9.17, 15) is 14.0 Å². The minimum atomic E-state index is -1.01. The van der Waals surface area contributed by atoms with Gasteiger partial charge in [-0.05, 0) is 48.1 Å². The van der Waals surface area contributed by atoms with Crippen LogP contribution in [-0.2, 0) is 4.79 Å². The van der Waals surface area contributed by atoms with Crippen molar-refractivity contribution in [1.82, 2.24) is 15.3 Å². The molecule has 0 unspecified atom stereocenters. The average Bonchev–Trinajstić information content (AvgIpc) is 2.88. The number of nitrogens with zero attached hydrogens (tertiary/aromatic N) is 3. The van der Waals surface area contributed by atoms with Gasteiger partial charge in [-0.15, -0.1) is 0 Å². The van der Waals surface area contributed by atoms with Crippen molar-refractivity contribution in [3.8, 4) is 0 Å². The lowest BCUT2D eigenvalue weighted by Gasteiger charge is -2.33. The highest BCUT2D eigenvalue weighted by molar-refractivity contribution is 6.09. The van der Waals surface area contributed by atoms with Gasteiger partial charge in [-0.2, -0.15) is 0 Å². The Morgan fingerprint density at radius 3 is 2.34 bits per heavy atom. The van der Waals surface area contributed by atoms with Crippen molar-refractivity contribution >= 4 is 17.5 Å². The van der Waals surface area contributed by atoms with Crippen molar-refractivity contribution in [1.29, 1.82) is 0 Å². The number of anilines is 1. The third kappa shape index (κ3) is 5.91. The van der Waals surface area contributed by atoms with Crippen LogP contribution in [0, 0.1) is 5.82 Å². The molecule has 2 amide bonds. The maximum atomic E-state index is 14.3. The Kier molecular flexibility index (Phi) is 7.85. The molecule has 4 rings (SSSR count). The number of hydrogen-bond acceptors (Lipinski definition) is 4. The molecule has 0 radical (unpaired) electrons. The summed E-state index contributed by atoms with van der Waals surface area (Å²) in [5.41, 5.74) is 2.12. The van der Waals surface area contributed by atoms with E-state index in [1.165, 1.54) is 41.7 Å². The van der Waals surface area contributed by atoms with Gasteiger partial charge in [0, 0.05) is 24.1 Å². The number of hydrogen-bond donors (Lipinski definition) is 1. The lowest BCUT2D eigenvalue weighted by Crippen LogP contribution is -2.47. The van der Waals surface area contributed by atoms with Crippen molar-refractivity contribution < 1.29 is 14.0 Å². The first-order chi connectivity index (χ1) is 16.9. The molecule has 1 aliphatic rings. The van der Waals surface area contributed by atoms with E-state index in [-0.39, 0.29) is 23.3 Å². The number of nitrogens with one attached hydrogen (secondary N) is 1. The van der Waals surface area contributed by atoms with Crippen LogP contribution >= 0.6 is 0 Å². The molecular formula is C28H31FN4O2. The first-order valence-corrected chi connectivity index (χ1v) is 12.2. The van der Waals surface area contributed by atoms with Crippen LogP contribution in [-0.4, -0.2) is 27.8 Å². The highest BCUT2D eigenvalue weighted by Gasteiger charge is 2.35. The summed E-state index contributed by atoms with van der Waals surface area (Å²) in [5, 5.41) is 3.16. The van der Waals surface area contributed by atoms with Crippen LogP contribution in [0.2, 0.25) is 0 Å². The summed E-state index contributed by atoms with van der Waals surface area (Å²) in [5.74, 6) is -1.00. The van der Waals surface area contributed by atoms with Gasteiger partial charge < -0.3 is 5.32 Å². The number of benzene rings is 2. The lowest BCUT2D eigenvalue weighted by atomic mass is 9.94. The van der Waals surface area contributed by atoms with Crippen LogP contribution in [0.4, 0.5) is 10.1 Å². The molecule has 0 spiro atoms. The van der Waals surface area contributed by atoms with E-state index in [4.69, 9.17) is 0 Å². The second-order valence-corrected chi connectivity index (χ2v) is 9.31. The number of aromatic nitrogens is 2. The molecule has 1 aromatic heterocycles. The van der Waals surface area contributed by atoms with Gasteiger partial charge in [0.25, 0.3) is 5.91 Å². The highest BCUT2D eigenvalue weighted by atomic mass is 19.1. The SMILES string of the molecule is CC(C)c1ccc([C@@H](C(=O)NC2CCCCC2)N(C(=O)c2cnccn2)c2cccc(F)c2)cc1. The number of carbonyl (C=O) groups excluding carboxylic acids is 2. The zero-order valence-electron chi connectivity index (χ0n) is 20.2. The van der Waals surface area contributed by atoms with Gasteiger partial charge in [-0.25, -0.2) is 9.37 Å². The number of rotatable bonds is 7. The van der Waals surface area contributed by atoms with E-state index in [1.807, 2.05) is 24.3 Å². The van der Waals surface area contributed by atoms with E-state index >= 15 is 0 Å². The predicted molar refractivity (Wildman–Crippen MR) is 134 cm³/mol. The molecule has 3 aromatic rings. The minimum Gasteiger partial charge on any atom is -0.351 e. The zero-order chi connectivity index (χ0) is 24.8. The van der Waals surface area contributed by atoms with Crippen molar-refractivity contribution in [2.75, 3.05) is 4.90 Å². The molecule has 6 nitrogen and oxygen atoms in total. The van der Waals surface area contributed by atoms with Gasteiger partial charge >= 0.3 is 0 Å². The largest absolute Gasteiger partial charge is 0.351 e. The third-order valence-electron chi connectivity index (χ3n) is 6.46. The van der Waals surface area contributed by atoms with Crippen molar-refractivity contribution in [2.24, 2.45) is 0 Å². The summed E-state index contributed by atoms with van der Waals surface area (Å²) >= 11 is 0. The molecule has 0 saturated heterocycles. The molecule has 2 aromatic carbocycles. The fourth-order valence-corrected chi connectivity index (χ4v) is 4.55. The summed E-state index contributed by atoms with van der Waals surface area (Å²) in [6.07, 6.45) is 9.34. The molecule has 7 heteroatoms. The van der Waals surface area contributed by atoms with E-state index in [0.717, 1.165) is 37.7 Å². The van der Waals surface area contributed by atoms with Gasteiger partial charge in [-0.1, -0.05) is 63.4 Å².